The molecule has 26 nitrogen and oxygen atoms in total. The Morgan fingerprint density at radius 3 is 2.12 bits per heavy atom. The summed E-state index contributed by atoms with van der Waals surface area (Å²) in [5, 5.41) is 55.9. The van der Waals surface area contributed by atoms with Gasteiger partial charge in [-0.1, -0.05) is 67.4 Å². The molecule has 4 bridgehead atoms. The SMILES string of the molecule is C[C@@H]1NC(=O)[C@@H]2CCCN2C(=O)[C@H](CC(N)=O)NC2SS(=O)C(=O)[C@H](CS)NC3N[C@@H](CCC(=O)O)C(=O)N[C@@H](Cc4ccc(O)cc4)C(=O)C2SSC(N[C@H](C=O)Cc2ccc(O)cc2)C(=O)CNC(=O)[C@H]([C@@H](C)O)NC(SS3)C1=O. The number of aldehydes is 1. The number of carboxylic acid groups (broad SMARTS) is 1. The first-order valence-electron chi connectivity index (χ1n) is 25.6. The number of hydrogen-bond donors (Lipinski definition) is 14. The summed E-state index contributed by atoms with van der Waals surface area (Å²) in [5.41, 5.74) is 5.22. The highest BCUT2D eigenvalue weighted by Crippen LogP contribution is 2.39. The van der Waals surface area contributed by atoms with Gasteiger partial charge in [-0.25, -0.2) is 4.21 Å². The van der Waals surface area contributed by atoms with E-state index in [1.165, 1.54) is 62.4 Å². The number of ketones is 3. The molecule has 2 aromatic carbocycles. The molecule has 0 aliphatic carbocycles. The zero-order chi connectivity index (χ0) is 59.9. The second kappa shape index (κ2) is 31.4. The van der Waals surface area contributed by atoms with Gasteiger partial charge in [-0.05, 0) is 92.1 Å². The summed E-state index contributed by atoms with van der Waals surface area (Å²) in [6.07, 6.45) is -3.24. The van der Waals surface area contributed by atoms with E-state index in [0.717, 1.165) is 4.90 Å². The number of nitrogens with zero attached hydrogens (tertiary/aromatic N) is 1. The topological polar surface area (TPSA) is 411 Å². The normalized spacial score (nSPS) is 30.5. The van der Waals surface area contributed by atoms with Gasteiger partial charge in [-0.3, -0.25) is 74.5 Å². The fraction of sp³-hybridized carbons (Fsp3) is 0.531. The average Bonchev–Trinajstić information content (AvgIpc) is 4.07. The Hall–Kier alpha value is -4.78. The third-order valence-corrected chi connectivity index (χ3v) is 22.4. The lowest BCUT2D eigenvalue weighted by Gasteiger charge is -2.35. The average molecular weight is 1270 g/mol. The number of nitrogens with two attached hydrogens (primary N) is 1. The highest BCUT2D eigenvalue weighted by molar-refractivity contribution is 8.78. The fourth-order valence-corrected chi connectivity index (χ4v) is 18.4. The zero-order valence-electron chi connectivity index (χ0n) is 44.0. The number of phenolic OH excluding ortho intramolecular Hbond substituents is 2. The summed E-state index contributed by atoms with van der Waals surface area (Å²) in [5.74, 6) is -9.45. The number of aliphatic hydroxyl groups is 1. The number of carboxylic acids is 1. The van der Waals surface area contributed by atoms with Crippen molar-refractivity contribution >= 4 is 141 Å². The van der Waals surface area contributed by atoms with Crippen molar-refractivity contribution < 1.29 is 77.4 Å². The predicted molar refractivity (Wildman–Crippen MR) is 313 cm³/mol. The van der Waals surface area contributed by atoms with Gasteiger partial charge in [0.15, 0.2) is 27.2 Å². The number of thiol groups is 1. The lowest BCUT2D eigenvalue weighted by molar-refractivity contribution is -0.141. The number of aliphatic hydroxyl groups excluding tert-OH is 1. The van der Waals surface area contributed by atoms with Crippen LogP contribution in [0, 0.1) is 0 Å². The van der Waals surface area contributed by atoms with E-state index in [1.54, 1.807) is 0 Å². The van der Waals surface area contributed by atoms with Gasteiger partial charge < -0.3 is 51.8 Å². The first-order valence-corrected chi connectivity index (χ1v) is 33.4. The number of benzene rings is 2. The second-order valence-electron chi connectivity index (χ2n) is 19.5. The quantitative estimate of drug-likeness (QED) is 0.0557. The van der Waals surface area contributed by atoms with E-state index in [9.17, 15) is 67.8 Å². The number of carbonyl (C=O) groups excluding carboxylic acids is 10. The highest BCUT2D eigenvalue weighted by atomic mass is 33.1. The maximum absolute atomic E-state index is 16.0. The van der Waals surface area contributed by atoms with E-state index >= 15 is 9.59 Å². The highest BCUT2D eigenvalue weighted by Gasteiger charge is 2.46. The number of aromatic hydroxyl groups is 2. The van der Waals surface area contributed by atoms with Gasteiger partial charge in [-0.15, -0.1) is 0 Å². The Balaban J connectivity index is 1.66. The standard InChI is InChI=1S/C49H64N10O16S7/c1-22-38(68)45-58-37(23(2)61)43(72)51-19-34(64)44(53-26(20-60)16-24-5-9-27(62)10-6-24)78-77-40-39(69)30(17-25-7-11-28(63)12-8-25)54-41(70)29(13-14-36(66)67)56-49(80-79-45)57-32(21-76)48(74)82(75)81-46(40)55-31(18-35(50)65)47(73)59-15-3-4-33(59)42(71)52-22/h5-12,20,22-23,26,29-33,37,40,44-46,49,53,55-58,61-63,76H,3-4,13-19,21H2,1-2H3,(H2,50,65)(H,51,72)(H,52,71)(H,54,70)(H,66,67)/t22-,23+,26-,29-,30-,31-,32-,33-,37-,40?,44?,45?,46?,49?,82?/m0/s1. The first kappa shape index (κ1) is 66.4. The third kappa shape index (κ3) is 18.6. The summed E-state index contributed by atoms with van der Waals surface area (Å²) < 4.78 is 14.9. The number of amides is 5. The van der Waals surface area contributed by atoms with Crippen LogP contribution in [0.2, 0.25) is 0 Å². The van der Waals surface area contributed by atoms with E-state index < -0.39 is 181 Å². The lowest BCUT2D eigenvalue weighted by atomic mass is 9.98. The van der Waals surface area contributed by atoms with Crippen LogP contribution in [0.3, 0.4) is 0 Å². The Labute approximate surface area is 498 Å². The summed E-state index contributed by atoms with van der Waals surface area (Å²) >= 11 is 4.39. The molecule has 33 heteroatoms. The van der Waals surface area contributed by atoms with Crippen molar-refractivity contribution in [1.82, 2.24) is 47.4 Å². The van der Waals surface area contributed by atoms with Gasteiger partial charge in [0.2, 0.25) is 34.7 Å². The van der Waals surface area contributed by atoms with Crippen molar-refractivity contribution in [3.05, 3.63) is 59.7 Å². The minimum Gasteiger partial charge on any atom is -0.508 e. The number of nitrogens with one attached hydrogen (secondary N) is 8. The van der Waals surface area contributed by atoms with Crippen molar-refractivity contribution in [2.75, 3.05) is 18.8 Å². The van der Waals surface area contributed by atoms with Gasteiger partial charge in [-0.2, -0.15) is 12.6 Å². The number of phenols is 2. The molecule has 5 aliphatic heterocycles. The van der Waals surface area contributed by atoms with Crippen LogP contribution >= 0.6 is 66.6 Å². The molecule has 5 heterocycles. The van der Waals surface area contributed by atoms with Crippen LogP contribution in [0.5, 0.6) is 11.5 Å². The molecule has 15 atom stereocenters. The number of primary amides is 1. The molecule has 6 unspecified atom stereocenters. The van der Waals surface area contributed by atoms with Crippen molar-refractivity contribution in [2.45, 2.75) is 140 Å². The third-order valence-electron chi connectivity index (χ3n) is 13.3. The molecule has 2 aromatic rings. The number of aliphatic carboxylic acids is 1. The van der Waals surface area contributed by atoms with Crippen LogP contribution in [0.4, 0.5) is 0 Å². The Kier molecular flexibility index (Phi) is 25.4. The molecular formula is C49H64N10O16S7. The van der Waals surface area contributed by atoms with Crippen molar-refractivity contribution in [2.24, 2.45) is 5.73 Å². The van der Waals surface area contributed by atoms with Crippen LogP contribution in [-0.2, 0) is 75.4 Å². The molecular weight excluding hydrogens is 1210 g/mol. The number of carbonyl (C=O) groups is 11. The van der Waals surface area contributed by atoms with E-state index in [0.29, 0.717) is 71.4 Å². The minimum atomic E-state index is -2.79. The van der Waals surface area contributed by atoms with E-state index in [2.05, 4.69) is 55.2 Å². The Bertz CT molecular complexity index is 2720. The van der Waals surface area contributed by atoms with Gasteiger partial charge >= 0.3 is 5.97 Å². The fourth-order valence-electron chi connectivity index (χ4n) is 8.94. The summed E-state index contributed by atoms with van der Waals surface area (Å²) in [4.78, 5) is 158. The summed E-state index contributed by atoms with van der Waals surface area (Å²) in [6.45, 7) is 1.63. The van der Waals surface area contributed by atoms with Crippen LogP contribution in [0.25, 0.3) is 0 Å². The Morgan fingerprint density at radius 2 is 1.50 bits per heavy atom. The molecule has 0 spiro atoms. The smallest absolute Gasteiger partial charge is 0.303 e. The van der Waals surface area contributed by atoms with Gasteiger partial charge in [0.1, 0.15) is 51.4 Å². The summed E-state index contributed by atoms with van der Waals surface area (Å²) in [7, 11) is 0.0625. The van der Waals surface area contributed by atoms with Crippen LogP contribution in [-0.4, -0.2) is 194 Å². The predicted octanol–water partition coefficient (Wildman–Crippen LogP) is -1.91. The largest absolute Gasteiger partial charge is 0.508 e. The first-order chi connectivity index (χ1) is 39.0. The molecule has 14 N–H and O–H groups in total. The molecule has 5 amide bonds. The second-order valence-corrected chi connectivity index (χ2v) is 27.9. The van der Waals surface area contributed by atoms with Crippen molar-refractivity contribution in [1.29, 1.82) is 0 Å². The molecule has 0 saturated carbocycles. The van der Waals surface area contributed by atoms with E-state index in [1.807, 2.05) is 0 Å². The number of fused-ring (bicyclic) bond motifs is 14. The molecule has 7 rings (SSSR count). The Morgan fingerprint density at radius 1 is 0.841 bits per heavy atom. The minimum absolute atomic E-state index is 0.0609. The molecule has 5 saturated heterocycles. The maximum Gasteiger partial charge on any atom is 0.303 e. The van der Waals surface area contributed by atoms with Crippen molar-refractivity contribution in [3.8, 4) is 11.5 Å². The molecule has 0 radical (unpaired) electrons. The summed E-state index contributed by atoms with van der Waals surface area (Å²) in [6, 6.07) is -0.920. The van der Waals surface area contributed by atoms with Gasteiger partial charge in [0.05, 0.1) is 60.7 Å². The van der Waals surface area contributed by atoms with Crippen LogP contribution < -0.4 is 48.3 Å². The number of Topliss-reactive ketones (excluding diaryl/α,β-unsaturated/α-hetero) is 3. The molecule has 82 heavy (non-hydrogen) atoms. The van der Waals surface area contributed by atoms with Gasteiger partial charge in [0, 0.05) is 18.7 Å². The van der Waals surface area contributed by atoms with Crippen LogP contribution in [0.1, 0.15) is 57.1 Å². The van der Waals surface area contributed by atoms with E-state index in [4.69, 9.17) is 5.73 Å². The van der Waals surface area contributed by atoms with Crippen LogP contribution in [0.15, 0.2) is 48.5 Å². The monoisotopic (exact) mass is 1270 g/mol. The van der Waals surface area contributed by atoms with Crippen molar-refractivity contribution in [3.63, 3.8) is 0 Å². The number of hydrogen-bond acceptors (Lipinski definition) is 26. The molecule has 5 aliphatic rings. The molecule has 0 aromatic heterocycles. The van der Waals surface area contributed by atoms with Gasteiger partial charge in [0.25, 0.3) is 0 Å². The zero-order valence-corrected chi connectivity index (χ0v) is 49.8. The molecule has 5 fully saturated rings. The molecule has 448 valence electrons. The van der Waals surface area contributed by atoms with E-state index in [-0.39, 0.29) is 43.7 Å². The lowest BCUT2D eigenvalue weighted by Crippen LogP contribution is -2.60. The number of rotatable bonds is 14. The maximum atomic E-state index is 16.0.